The fraction of sp³-hybridized carbons (Fsp3) is 0.478. The lowest BCUT2D eigenvalue weighted by Gasteiger charge is -2.23. The van der Waals surface area contributed by atoms with Gasteiger partial charge < -0.3 is 14.6 Å². The Kier molecular flexibility index (Phi) is 8.30. The molecule has 0 spiro atoms. The molecule has 1 aromatic carbocycles. The number of aryl methyl sites for hydroxylation is 1. The van der Waals surface area contributed by atoms with Crippen LogP contribution in [-0.4, -0.2) is 30.1 Å². The largest absolute Gasteiger partial charge is 0.504 e. The average Bonchev–Trinajstić information content (AvgIpc) is 2.66. The summed E-state index contributed by atoms with van der Waals surface area (Å²) in [4.78, 5) is 23.9. The van der Waals surface area contributed by atoms with Crippen LogP contribution < -0.4 is 4.74 Å². The van der Waals surface area contributed by atoms with Crippen molar-refractivity contribution in [2.75, 3.05) is 7.11 Å². The maximum absolute atomic E-state index is 12.4. The second-order valence-electron chi connectivity index (χ2n) is 7.35. The number of hydrogen-bond acceptors (Lipinski definition) is 5. The Balaban J connectivity index is 1.86. The van der Waals surface area contributed by atoms with Gasteiger partial charge in [-0.2, -0.15) is 0 Å². The first-order chi connectivity index (χ1) is 13.4. The number of hydrogen-bond donors (Lipinski definition) is 1. The number of esters is 1. The van der Waals surface area contributed by atoms with Crippen molar-refractivity contribution in [3.63, 3.8) is 0 Å². The van der Waals surface area contributed by atoms with E-state index in [9.17, 15) is 14.7 Å². The molecule has 0 saturated carbocycles. The van der Waals surface area contributed by atoms with Gasteiger partial charge in [0.1, 0.15) is 11.9 Å². The van der Waals surface area contributed by atoms with Crippen LogP contribution in [-0.2, 0) is 20.7 Å². The van der Waals surface area contributed by atoms with Crippen LogP contribution >= 0.6 is 0 Å². The monoisotopic (exact) mass is 386 g/mol. The number of phenols is 1. The van der Waals surface area contributed by atoms with E-state index in [-0.39, 0.29) is 30.0 Å². The first kappa shape index (κ1) is 21.7. The molecule has 0 unspecified atom stereocenters. The van der Waals surface area contributed by atoms with E-state index in [0.29, 0.717) is 36.8 Å². The van der Waals surface area contributed by atoms with Crippen LogP contribution in [0.25, 0.3) is 0 Å². The predicted molar refractivity (Wildman–Crippen MR) is 108 cm³/mol. The Morgan fingerprint density at radius 3 is 2.64 bits per heavy atom. The molecule has 0 aliphatic heterocycles. The third-order valence-corrected chi connectivity index (χ3v) is 5.11. The summed E-state index contributed by atoms with van der Waals surface area (Å²) in [7, 11) is 1.49. The fourth-order valence-electron chi connectivity index (χ4n) is 3.46. The lowest BCUT2D eigenvalue weighted by Crippen LogP contribution is -2.22. The van der Waals surface area contributed by atoms with Crippen molar-refractivity contribution in [1.82, 2.24) is 0 Å². The first-order valence-corrected chi connectivity index (χ1v) is 9.78. The van der Waals surface area contributed by atoms with Crippen molar-refractivity contribution in [3.05, 3.63) is 48.1 Å². The first-order valence-electron chi connectivity index (χ1n) is 9.78. The molecular weight excluding hydrogens is 356 g/mol. The molecule has 1 aliphatic carbocycles. The molecule has 2 rings (SSSR count). The molecule has 0 aromatic heterocycles. The number of aromatic hydroxyl groups is 1. The number of carbonyl (C=O) groups excluding carboxylic acids is 2. The standard InChI is InChI=1S/C23H30O5/c1-16-6-4-5-7-19(16)10-12-21(28-17(2)24)15-20(25)11-8-18-9-13-22(26)23(14-18)27-3/h4-7,9,13-14,16,19,21,26H,8,10-12,15H2,1-3H3/t16-,19+,21+/m0/s1. The third-order valence-electron chi connectivity index (χ3n) is 5.11. The lowest BCUT2D eigenvalue weighted by molar-refractivity contribution is -0.148. The number of Topliss-reactive ketones (excluding diaryl/α,β-unsaturated/α-hetero) is 1. The topological polar surface area (TPSA) is 72.8 Å². The number of methoxy groups -OCH3 is 1. The van der Waals surface area contributed by atoms with Crippen LogP contribution in [0.1, 0.15) is 45.1 Å². The Bertz CT molecular complexity index is 735. The van der Waals surface area contributed by atoms with Crippen molar-refractivity contribution >= 4 is 11.8 Å². The summed E-state index contributed by atoms with van der Waals surface area (Å²) in [6.45, 7) is 3.55. The molecule has 0 heterocycles. The zero-order valence-electron chi connectivity index (χ0n) is 16.9. The highest BCUT2D eigenvalue weighted by Crippen LogP contribution is 2.28. The fourth-order valence-corrected chi connectivity index (χ4v) is 3.46. The molecule has 3 atom stereocenters. The minimum absolute atomic E-state index is 0.0606. The summed E-state index contributed by atoms with van der Waals surface area (Å²) < 4.78 is 10.5. The van der Waals surface area contributed by atoms with Crippen molar-refractivity contribution in [1.29, 1.82) is 0 Å². The Morgan fingerprint density at radius 1 is 1.21 bits per heavy atom. The van der Waals surface area contributed by atoms with Crippen molar-refractivity contribution in [2.45, 2.75) is 52.1 Å². The zero-order valence-corrected chi connectivity index (χ0v) is 16.9. The van der Waals surface area contributed by atoms with Crippen molar-refractivity contribution in [3.8, 4) is 11.5 Å². The molecule has 0 bridgehead atoms. The SMILES string of the molecule is COc1cc(CCC(=O)C[C@@H](CC[C@H]2C=CC=C[C@@H]2C)OC(C)=O)ccc1O. The maximum Gasteiger partial charge on any atom is 0.302 e. The number of benzene rings is 1. The second-order valence-corrected chi connectivity index (χ2v) is 7.35. The van der Waals surface area contributed by atoms with E-state index < -0.39 is 0 Å². The molecule has 1 N–H and O–H groups in total. The van der Waals surface area contributed by atoms with E-state index in [1.54, 1.807) is 18.2 Å². The van der Waals surface area contributed by atoms with Crippen LogP contribution in [0.15, 0.2) is 42.5 Å². The van der Waals surface area contributed by atoms with Crippen molar-refractivity contribution in [2.24, 2.45) is 11.8 Å². The second kappa shape index (κ2) is 10.7. The number of ether oxygens (including phenoxy) is 2. The van der Waals surface area contributed by atoms with Gasteiger partial charge >= 0.3 is 5.97 Å². The molecule has 152 valence electrons. The van der Waals surface area contributed by atoms with E-state index in [2.05, 4.69) is 19.1 Å². The average molecular weight is 386 g/mol. The molecule has 1 aromatic rings. The third kappa shape index (κ3) is 6.87. The number of ketones is 1. The highest BCUT2D eigenvalue weighted by Gasteiger charge is 2.21. The maximum atomic E-state index is 12.4. The smallest absolute Gasteiger partial charge is 0.302 e. The van der Waals surface area contributed by atoms with Gasteiger partial charge in [0.2, 0.25) is 0 Å². The highest BCUT2D eigenvalue weighted by atomic mass is 16.5. The van der Waals surface area contributed by atoms with Gasteiger partial charge in [-0.3, -0.25) is 9.59 Å². The molecule has 0 radical (unpaired) electrons. The van der Waals surface area contributed by atoms with Gasteiger partial charge in [-0.15, -0.1) is 0 Å². The summed E-state index contributed by atoms with van der Waals surface area (Å²) in [6.07, 6.45) is 10.7. The summed E-state index contributed by atoms with van der Waals surface area (Å²) >= 11 is 0. The lowest BCUT2D eigenvalue weighted by atomic mass is 9.85. The van der Waals surface area contributed by atoms with Crippen molar-refractivity contribution < 1.29 is 24.2 Å². The molecule has 0 saturated heterocycles. The molecule has 5 heteroatoms. The quantitative estimate of drug-likeness (QED) is 0.604. The number of phenolic OH excluding ortho intramolecular Hbond substituents is 1. The van der Waals surface area contributed by atoms with E-state index in [4.69, 9.17) is 9.47 Å². The zero-order chi connectivity index (χ0) is 20.5. The van der Waals surface area contributed by atoms with E-state index in [1.807, 2.05) is 12.2 Å². The molecule has 28 heavy (non-hydrogen) atoms. The van der Waals surface area contributed by atoms with Crippen LogP contribution in [0, 0.1) is 11.8 Å². The van der Waals surface area contributed by atoms with Gasteiger partial charge in [-0.25, -0.2) is 0 Å². The minimum atomic E-state index is -0.383. The Labute approximate surface area is 167 Å². The minimum Gasteiger partial charge on any atom is -0.504 e. The summed E-state index contributed by atoms with van der Waals surface area (Å²) in [6, 6.07) is 5.07. The number of rotatable bonds is 10. The Hall–Kier alpha value is -2.56. The molecule has 5 nitrogen and oxygen atoms in total. The van der Waals surface area contributed by atoms with Gasteiger partial charge in [0.25, 0.3) is 0 Å². The van der Waals surface area contributed by atoms with Gasteiger partial charge in [0.15, 0.2) is 11.5 Å². The van der Waals surface area contributed by atoms with Gasteiger partial charge in [-0.1, -0.05) is 37.3 Å². The van der Waals surface area contributed by atoms with Crippen LogP contribution in [0.2, 0.25) is 0 Å². The highest BCUT2D eigenvalue weighted by molar-refractivity contribution is 5.79. The van der Waals surface area contributed by atoms with Gasteiger partial charge in [-0.05, 0) is 48.8 Å². The molecular formula is C23H30O5. The van der Waals surface area contributed by atoms with E-state index in [0.717, 1.165) is 12.0 Å². The number of allylic oxidation sites excluding steroid dienone is 4. The van der Waals surface area contributed by atoms with E-state index >= 15 is 0 Å². The molecule has 1 aliphatic rings. The van der Waals surface area contributed by atoms with Gasteiger partial charge in [0.05, 0.1) is 7.11 Å². The normalized spacial score (nSPS) is 19.2. The number of carbonyl (C=O) groups is 2. The Morgan fingerprint density at radius 2 is 1.96 bits per heavy atom. The van der Waals surface area contributed by atoms with Gasteiger partial charge in [0, 0.05) is 19.8 Å². The van der Waals surface area contributed by atoms with E-state index in [1.165, 1.54) is 14.0 Å². The predicted octanol–water partition coefficient (Wildman–Crippen LogP) is 4.38. The molecule has 0 amide bonds. The summed E-state index contributed by atoms with van der Waals surface area (Å²) in [5.41, 5.74) is 0.917. The summed E-state index contributed by atoms with van der Waals surface area (Å²) in [5, 5.41) is 9.65. The van der Waals surface area contributed by atoms with Crippen LogP contribution in [0.4, 0.5) is 0 Å². The van der Waals surface area contributed by atoms with Crippen LogP contribution in [0.5, 0.6) is 11.5 Å². The summed E-state index contributed by atoms with van der Waals surface area (Å²) in [5.74, 6) is 1.03. The molecule has 0 fully saturated rings. The van der Waals surface area contributed by atoms with Crippen LogP contribution in [0.3, 0.4) is 0 Å².